The molecule has 1 aromatic carbocycles. The van der Waals surface area contributed by atoms with Crippen molar-refractivity contribution in [2.75, 3.05) is 18.4 Å². The lowest BCUT2D eigenvalue weighted by atomic mass is 10.1. The Morgan fingerprint density at radius 3 is 2.28 bits per heavy atom. The second-order valence-electron chi connectivity index (χ2n) is 6.96. The molecule has 0 atom stereocenters. The summed E-state index contributed by atoms with van der Waals surface area (Å²) >= 11 is 1.11. The van der Waals surface area contributed by atoms with E-state index in [-0.39, 0.29) is 23.5 Å². The van der Waals surface area contributed by atoms with Crippen molar-refractivity contribution >= 4 is 34.1 Å². The zero-order valence-electron chi connectivity index (χ0n) is 17.8. The van der Waals surface area contributed by atoms with E-state index in [1.807, 2.05) is 32.9 Å². The lowest BCUT2D eigenvalue weighted by molar-refractivity contribution is 0.0379. The van der Waals surface area contributed by atoms with Crippen molar-refractivity contribution in [3.8, 4) is 0 Å². The van der Waals surface area contributed by atoms with Crippen LogP contribution < -0.4 is 5.32 Å². The van der Waals surface area contributed by atoms with Crippen LogP contribution >= 0.6 is 11.3 Å². The average molecular weight is 417 g/mol. The van der Waals surface area contributed by atoms with Crippen LogP contribution in [0.25, 0.3) is 0 Å². The maximum absolute atomic E-state index is 12.9. The van der Waals surface area contributed by atoms with Crippen LogP contribution in [0.4, 0.5) is 5.00 Å². The molecule has 2 aromatic rings. The van der Waals surface area contributed by atoms with Gasteiger partial charge in [-0.05, 0) is 58.7 Å². The zero-order valence-corrected chi connectivity index (χ0v) is 18.6. The Bertz CT molecular complexity index is 914. The smallest absolute Gasteiger partial charge is 0.341 e. The van der Waals surface area contributed by atoms with E-state index < -0.39 is 5.97 Å². The van der Waals surface area contributed by atoms with E-state index in [0.717, 1.165) is 16.9 Å². The van der Waals surface area contributed by atoms with E-state index in [4.69, 9.17) is 4.74 Å². The SMILES string of the molecule is CCN(CC)C(=O)c1sc(NC(=O)c2ccccc2C)c(C(=O)OC(C)C)c1C. The van der Waals surface area contributed by atoms with Gasteiger partial charge < -0.3 is 15.0 Å². The third-order valence-corrected chi connectivity index (χ3v) is 5.75. The number of rotatable bonds is 7. The van der Waals surface area contributed by atoms with Gasteiger partial charge in [0.1, 0.15) is 5.00 Å². The van der Waals surface area contributed by atoms with E-state index in [9.17, 15) is 14.4 Å². The molecule has 1 N–H and O–H groups in total. The van der Waals surface area contributed by atoms with Gasteiger partial charge in [-0.25, -0.2) is 4.79 Å². The molecule has 156 valence electrons. The van der Waals surface area contributed by atoms with Gasteiger partial charge in [-0.2, -0.15) is 0 Å². The van der Waals surface area contributed by atoms with Gasteiger partial charge in [0, 0.05) is 18.7 Å². The van der Waals surface area contributed by atoms with Crippen LogP contribution in [0.15, 0.2) is 24.3 Å². The number of esters is 1. The minimum atomic E-state index is -0.549. The number of nitrogens with zero attached hydrogens (tertiary/aromatic N) is 1. The number of carbonyl (C=O) groups excluding carboxylic acids is 3. The minimum Gasteiger partial charge on any atom is -0.459 e. The number of ether oxygens (including phenoxy) is 1. The molecule has 0 aliphatic carbocycles. The topological polar surface area (TPSA) is 75.7 Å². The summed E-state index contributed by atoms with van der Waals surface area (Å²) in [6.07, 6.45) is -0.316. The molecule has 0 aliphatic heterocycles. The maximum atomic E-state index is 12.9. The summed E-state index contributed by atoms with van der Waals surface area (Å²) in [7, 11) is 0. The third-order valence-electron chi connectivity index (χ3n) is 4.56. The molecule has 0 aliphatic rings. The van der Waals surface area contributed by atoms with Crippen LogP contribution in [0.2, 0.25) is 0 Å². The van der Waals surface area contributed by atoms with E-state index >= 15 is 0 Å². The van der Waals surface area contributed by atoms with Gasteiger partial charge in [-0.3, -0.25) is 9.59 Å². The number of carbonyl (C=O) groups is 3. The van der Waals surface area contributed by atoms with Crippen molar-refractivity contribution in [3.05, 3.63) is 51.4 Å². The summed E-state index contributed by atoms with van der Waals surface area (Å²) in [5.41, 5.74) is 2.10. The number of hydrogen-bond acceptors (Lipinski definition) is 5. The number of hydrogen-bond donors (Lipinski definition) is 1. The molecule has 2 rings (SSSR count). The molecule has 29 heavy (non-hydrogen) atoms. The monoisotopic (exact) mass is 416 g/mol. The Morgan fingerprint density at radius 2 is 1.72 bits per heavy atom. The fraction of sp³-hybridized carbons (Fsp3) is 0.409. The van der Waals surface area contributed by atoms with Crippen molar-refractivity contribution < 1.29 is 19.1 Å². The second-order valence-corrected chi connectivity index (χ2v) is 7.98. The highest BCUT2D eigenvalue weighted by Crippen LogP contribution is 2.35. The van der Waals surface area contributed by atoms with Gasteiger partial charge in [0.25, 0.3) is 11.8 Å². The van der Waals surface area contributed by atoms with Crippen LogP contribution in [0, 0.1) is 13.8 Å². The standard InChI is InChI=1S/C22H28N2O4S/c1-7-24(8-2)21(26)18-15(6)17(22(27)28-13(3)4)20(29-18)23-19(25)16-12-10-9-11-14(16)5/h9-13H,7-8H2,1-6H3,(H,23,25). The Kier molecular flexibility index (Phi) is 7.56. The number of amides is 2. The van der Waals surface area contributed by atoms with Crippen LogP contribution in [0.1, 0.15) is 69.2 Å². The van der Waals surface area contributed by atoms with Crippen molar-refractivity contribution in [1.29, 1.82) is 0 Å². The van der Waals surface area contributed by atoms with Gasteiger partial charge in [0.15, 0.2) is 0 Å². The lowest BCUT2D eigenvalue weighted by Gasteiger charge is -2.18. The molecule has 0 saturated heterocycles. The van der Waals surface area contributed by atoms with E-state index in [1.165, 1.54) is 0 Å². The molecule has 2 amide bonds. The highest BCUT2D eigenvalue weighted by molar-refractivity contribution is 7.18. The van der Waals surface area contributed by atoms with Crippen LogP contribution in [0.5, 0.6) is 0 Å². The largest absolute Gasteiger partial charge is 0.459 e. The fourth-order valence-electron chi connectivity index (χ4n) is 2.98. The third kappa shape index (κ3) is 5.03. The van der Waals surface area contributed by atoms with Gasteiger partial charge in [-0.15, -0.1) is 11.3 Å². The summed E-state index contributed by atoms with van der Waals surface area (Å²) < 4.78 is 5.37. The van der Waals surface area contributed by atoms with Gasteiger partial charge in [-0.1, -0.05) is 18.2 Å². The van der Waals surface area contributed by atoms with Crippen LogP contribution in [-0.4, -0.2) is 41.9 Å². The average Bonchev–Trinajstić information content (AvgIpc) is 2.98. The molecule has 0 saturated carbocycles. The Labute approximate surface area is 175 Å². The zero-order chi connectivity index (χ0) is 21.7. The normalized spacial score (nSPS) is 10.7. The fourth-order valence-corrected chi connectivity index (χ4v) is 4.13. The summed E-state index contributed by atoms with van der Waals surface area (Å²) in [6.45, 7) is 12.0. The van der Waals surface area contributed by atoms with E-state index in [0.29, 0.717) is 34.1 Å². The summed E-state index contributed by atoms with van der Waals surface area (Å²) in [4.78, 5) is 40.6. The summed E-state index contributed by atoms with van der Waals surface area (Å²) in [5.74, 6) is -1.04. The highest BCUT2D eigenvalue weighted by atomic mass is 32.1. The Hall–Kier alpha value is -2.67. The first-order valence-corrected chi connectivity index (χ1v) is 10.5. The quantitative estimate of drug-likeness (QED) is 0.666. The number of nitrogens with one attached hydrogen (secondary N) is 1. The Balaban J connectivity index is 2.50. The molecular formula is C22H28N2O4S. The van der Waals surface area contributed by atoms with Crippen molar-refractivity contribution in [2.24, 2.45) is 0 Å². The van der Waals surface area contributed by atoms with Crippen molar-refractivity contribution in [2.45, 2.75) is 47.6 Å². The number of anilines is 1. The number of aryl methyl sites for hydroxylation is 1. The van der Waals surface area contributed by atoms with Crippen LogP contribution in [0.3, 0.4) is 0 Å². The molecule has 0 unspecified atom stereocenters. The van der Waals surface area contributed by atoms with Gasteiger partial charge in [0.2, 0.25) is 0 Å². The second kappa shape index (κ2) is 9.69. The first-order chi connectivity index (χ1) is 13.7. The predicted octanol–water partition coefficient (Wildman–Crippen LogP) is 4.66. The predicted molar refractivity (Wildman–Crippen MR) is 116 cm³/mol. The molecule has 7 heteroatoms. The number of benzene rings is 1. The minimum absolute atomic E-state index is 0.160. The van der Waals surface area contributed by atoms with E-state index in [1.54, 1.807) is 37.8 Å². The summed E-state index contributed by atoms with van der Waals surface area (Å²) in [5, 5.41) is 3.15. The van der Waals surface area contributed by atoms with Crippen molar-refractivity contribution in [3.63, 3.8) is 0 Å². The summed E-state index contributed by atoms with van der Waals surface area (Å²) in [6, 6.07) is 7.20. The Morgan fingerprint density at radius 1 is 1.10 bits per heavy atom. The van der Waals surface area contributed by atoms with Gasteiger partial charge in [0.05, 0.1) is 16.5 Å². The number of thiophene rings is 1. The molecule has 6 nitrogen and oxygen atoms in total. The van der Waals surface area contributed by atoms with Gasteiger partial charge >= 0.3 is 5.97 Å². The maximum Gasteiger partial charge on any atom is 0.341 e. The molecular weight excluding hydrogens is 388 g/mol. The molecule has 1 aromatic heterocycles. The molecule has 0 bridgehead atoms. The molecule has 0 radical (unpaired) electrons. The molecule has 0 spiro atoms. The van der Waals surface area contributed by atoms with Crippen molar-refractivity contribution in [1.82, 2.24) is 4.90 Å². The first-order valence-electron chi connectivity index (χ1n) is 9.71. The molecule has 0 fully saturated rings. The highest BCUT2D eigenvalue weighted by Gasteiger charge is 2.29. The van der Waals surface area contributed by atoms with E-state index in [2.05, 4.69) is 5.32 Å². The lowest BCUT2D eigenvalue weighted by Crippen LogP contribution is -2.30. The molecule has 1 heterocycles. The van der Waals surface area contributed by atoms with Crippen LogP contribution in [-0.2, 0) is 4.74 Å². The first kappa shape index (κ1) is 22.6.